The van der Waals surface area contributed by atoms with Gasteiger partial charge >= 0.3 is 51.2 Å². The standard InChI is InChI=1S/C13H20N2.3Cu.H2N/c1(2-12-4-8-14-9-5-12)3-13-6-10-15-11-7-13;;;;/h4-5,8,13H,1-3,6-7,9-11H2;;;;1H2/q-2;2*+1;+2;-1. The van der Waals surface area contributed by atoms with E-state index in [0.717, 1.165) is 25.6 Å². The van der Waals surface area contributed by atoms with Crippen LogP contribution in [0.2, 0.25) is 0 Å². The monoisotopic (exact) mass is 409 g/mol. The Labute approximate surface area is 149 Å². The van der Waals surface area contributed by atoms with Gasteiger partial charge < -0.3 is 16.8 Å². The van der Waals surface area contributed by atoms with Gasteiger partial charge in [-0.25, -0.2) is 0 Å². The molecule has 3 nitrogen and oxygen atoms in total. The Morgan fingerprint density at radius 1 is 1.16 bits per heavy atom. The van der Waals surface area contributed by atoms with Crippen molar-refractivity contribution < 1.29 is 51.2 Å². The third-order valence-electron chi connectivity index (χ3n) is 3.32. The summed E-state index contributed by atoms with van der Waals surface area (Å²) >= 11 is 0. The summed E-state index contributed by atoms with van der Waals surface area (Å²) in [6.07, 6.45) is 12.9. The maximum atomic E-state index is 4.39. The molecule has 2 N–H and O–H groups in total. The maximum absolute atomic E-state index is 4.39. The van der Waals surface area contributed by atoms with Crippen LogP contribution < -0.4 is 0 Å². The molecule has 0 aromatic heterocycles. The number of hydrogen-bond acceptors (Lipinski definition) is 0. The van der Waals surface area contributed by atoms with Crippen LogP contribution in [0, 0.1) is 5.92 Å². The van der Waals surface area contributed by atoms with Crippen molar-refractivity contribution in [2.75, 3.05) is 19.6 Å². The van der Waals surface area contributed by atoms with Gasteiger partial charge in [0.25, 0.3) is 0 Å². The molecule has 121 valence electrons. The van der Waals surface area contributed by atoms with Crippen molar-refractivity contribution >= 4 is 0 Å². The van der Waals surface area contributed by atoms with Gasteiger partial charge in [-0.05, 0) is 18.8 Å². The van der Waals surface area contributed by atoms with Gasteiger partial charge in [-0.1, -0.05) is 37.0 Å². The van der Waals surface area contributed by atoms with E-state index >= 15 is 0 Å². The molecule has 0 amide bonds. The van der Waals surface area contributed by atoms with Crippen molar-refractivity contribution in [3.05, 3.63) is 40.7 Å². The van der Waals surface area contributed by atoms with Crippen LogP contribution in [0.1, 0.15) is 32.1 Å². The summed E-state index contributed by atoms with van der Waals surface area (Å²) in [6, 6.07) is 0. The summed E-state index contributed by atoms with van der Waals surface area (Å²) in [6.45, 7) is 3.09. The van der Waals surface area contributed by atoms with E-state index in [0.29, 0.717) is 0 Å². The second-order valence-corrected chi connectivity index (χ2v) is 4.47. The van der Waals surface area contributed by atoms with E-state index in [-0.39, 0.29) is 57.4 Å². The molecule has 0 saturated carbocycles. The topological polar surface area (TPSA) is 61.7 Å². The fourth-order valence-corrected chi connectivity index (χ4v) is 2.32. The minimum absolute atomic E-state index is 0. The number of piperidine rings is 1. The van der Waals surface area contributed by atoms with Gasteiger partial charge in [0.05, 0.1) is 0 Å². The van der Waals surface area contributed by atoms with Crippen molar-refractivity contribution in [3.63, 3.8) is 0 Å². The average molecular weight is 411 g/mol. The Balaban J connectivity index is -0.000000640. The van der Waals surface area contributed by atoms with Gasteiger partial charge in [-0.2, -0.15) is 6.20 Å². The van der Waals surface area contributed by atoms with E-state index in [2.05, 4.69) is 22.8 Å². The SMILES string of the molecule is C1=CC(CCCC2CC[N-]CC2)=CC[N-]1.[Cu+2].[Cu+].[Cu+].[NH2-]. The molecule has 1 fully saturated rings. The number of nitrogens with zero attached hydrogens (tertiary/aromatic N) is 2. The Morgan fingerprint density at radius 2 is 1.84 bits per heavy atom. The molecule has 2 rings (SSSR count). The van der Waals surface area contributed by atoms with Gasteiger partial charge in [0, 0.05) is 0 Å². The Bertz CT molecular complexity index is 252. The first-order valence-corrected chi connectivity index (χ1v) is 6.10. The van der Waals surface area contributed by atoms with Gasteiger partial charge in [0.1, 0.15) is 0 Å². The molecule has 1 saturated heterocycles. The minimum atomic E-state index is 0. The molecular weight excluding hydrogens is 389 g/mol. The molecule has 0 unspecified atom stereocenters. The summed E-state index contributed by atoms with van der Waals surface area (Å²) in [5.41, 5.74) is 1.48. The molecule has 0 aromatic rings. The molecule has 0 spiro atoms. The molecule has 0 aliphatic carbocycles. The predicted octanol–water partition coefficient (Wildman–Crippen LogP) is 4.48. The first-order valence-electron chi connectivity index (χ1n) is 6.10. The third-order valence-corrected chi connectivity index (χ3v) is 3.32. The van der Waals surface area contributed by atoms with Gasteiger partial charge in [0.15, 0.2) is 0 Å². The Kier molecular flexibility index (Phi) is 19.7. The summed E-state index contributed by atoms with van der Waals surface area (Å²) < 4.78 is 0. The van der Waals surface area contributed by atoms with Crippen molar-refractivity contribution in [1.82, 2.24) is 0 Å². The summed E-state index contributed by atoms with van der Waals surface area (Å²) in [4.78, 5) is 0. The maximum Gasteiger partial charge on any atom is 2.00 e. The van der Waals surface area contributed by atoms with E-state index in [1.54, 1.807) is 0 Å². The number of hydrogen-bond donors (Lipinski definition) is 0. The van der Waals surface area contributed by atoms with Crippen molar-refractivity contribution in [2.45, 2.75) is 32.1 Å². The summed E-state index contributed by atoms with van der Waals surface area (Å²) in [5, 5.41) is 8.55. The van der Waals surface area contributed by atoms with Crippen molar-refractivity contribution in [1.29, 1.82) is 0 Å². The van der Waals surface area contributed by atoms with Crippen LogP contribution in [0.25, 0.3) is 16.8 Å². The number of allylic oxidation sites excluding steroid dienone is 2. The van der Waals surface area contributed by atoms with E-state index in [4.69, 9.17) is 0 Å². The first kappa shape index (κ1) is 24.8. The normalized spacial score (nSPS) is 17.6. The Morgan fingerprint density at radius 3 is 2.42 bits per heavy atom. The molecule has 6 heteroatoms. The fourth-order valence-electron chi connectivity index (χ4n) is 2.32. The smallest absolute Gasteiger partial charge is 0.693 e. The largest absolute Gasteiger partial charge is 2.00 e. The van der Waals surface area contributed by atoms with E-state index in [9.17, 15) is 0 Å². The van der Waals surface area contributed by atoms with Crippen LogP contribution in [0.15, 0.2) is 23.9 Å². The quantitative estimate of drug-likeness (QED) is 0.613. The van der Waals surface area contributed by atoms with E-state index in [1.807, 2.05) is 6.20 Å². The molecule has 0 atom stereocenters. The van der Waals surface area contributed by atoms with Crippen LogP contribution >= 0.6 is 0 Å². The number of rotatable bonds is 4. The zero-order chi connectivity index (χ0) is 10.3. The molecular formula is C13H22Cu3N3+. The van der Waals surface area contributed by atoms with E-state index < -0.39 is 0 Å². The molecule has 0 bridgehead atoms. The molecule has 2 aliphatic heterocycles. The number of nitrogens with two attached hydrogens (primary N) is 1. The van der Waals surface area contributed by atoms with Crippen molar-refractivity contribution in [3.8, 4) is 0 Å². The van der Waals surface area contributed by atoms with Gasteiger partial charge in [0.2, 0.25) is 0 Å². The van der Waals surface area contributed by atoms with Crippen LogP contribution in [0.3, 0.4) is 0 Å². The Hall–Kier alpha value is 0.758. The predicted molar refractivity (Wildman–Crippen MR) is 70.4 cm³/mol. The second-order valence-electron chi connectivity index (χ2n) is 4.47. The van der Waals surface area contributed by atoms with Crippen LogP contribution in [-0.4, -0.2) is 19.6 Å². The third kappa shape index (κ3) is 10.2. The second kappa shape index (κ2) is 15.2. The molecule has 1 radical (unpaired) electrons. The first-order chi connectivity index (χ1) is 7.45. The fraction of sp³-hybridized carbons (Fsp3) is 0.692. The van der Waals surface area contributed by atoms with Crippen LogP contribution in [-0.2, 0) is 51.2 Å². The van der Waals surface area contributed by atoms with Gasteiger partial charge in [-0.3, -0.25) is 0 Å². The molecule has 2 aliphatic rings. The van der Waals surface area contributed by atoms with Crippen LogP contribution in [0.5, 0.6) is 0 Å². The minimum Gasteiger partial charge on any atom is -0.693 e. The van der Waals surface area contributed by atoms with Gasteiger partial charge in [-0.15, -0.1) is 19.6 Å². The van der Waals surface area contributed by atoms with Crippen molar-refractivity contribution in [2.24, 2.45) is 5.92 Å². The average Bonchev–Trinajstić information content (AvgIpc) is 2.32. The summed E-state index contributed by atoms with van der Waals surface area (Å²) in [7, 11) is 0. The zero-order valence-corrected chi connectivity index (χ0v) is 13.7. The molecule has 0 aromatic carbocycles. The van der Waals surface area contributed by atoms with Crippen LogP contribution in [0.4, 0.5) is 0 Å². The zero-order valence-electron chi connectivity index (χ0n) is 10.8. The molecule has 2 heterocycles. The summed E-state index contributed by atoms with van der Waals surface area (Å²) in [5.74, 6) is 0.945. The van der Waals surface area contributed by atoms with E-state index in [1.165, 1.54) is 37.7 Å². The molecule has 19 heavy (non-hydrogen) atoms.